The van der Waals surface area contributed by atoms with E-state index < -0.39 is 0 Å². The third-order valence-corrected chi connectivity index (χ3v) is 3.42. The highest BCUT2D eigenvalue weighted by atomic mass is 35.5. The minimum Gasteiger partial charge on any atom is -0.319 e. The van der Waals surface area contributed by atoms with Crippen molar-refractivity contribution in [1.82, 2.24) is 4.98 Å². The van der Waals surface area contributed by atoms with Crippen molar-refractivity contribution in [2.24, 2.45) is 5.84 Å². The second kappa shape index (κ2) is 6.49. The monoisotopic (exact) mass is 344 g/mol. The summed E-state index contributed by atoms with van der Waals surface area (Å²) < 4.78 is 0. The van der Waals surface area contributed by atoms with Crippen molar-refractivity contribution >= 4 is 52.2 Å². The van der Waals surface area contributed by atoms with Gasteiger partial charge in [-0.25, -0.2) is 10.8 Å². The number of pyridine rings is 1. The van der Waals surface area contributed by atoms with E-state index in [1.54, 1.807) is 13.0 Å². The van der Waals surface area contributed by atoms with Gasteiger partial charge in [0.2, 0.25) is 0 Å². The lowest BCUT2D eigenvalue weighted by Crippen LogP contribution is -2.15. The van der Waals surface area contributed by atoms with Crippen LogP contribution < -0.4 is 16.6 Å². The average molecular weight is 346 g/mol. The van der Waals surface area contributed by atoms with E-state index in [9.17, 15) is 4.79 Å². The zero-order valence-corrected chi connectivity index (χ0v) is 13.1. The summed E-state index contributed by atoms with van der Waals surface area (Å²) in [5, 5.41) is 3.54. The maximum atomic E-state index is 12.3. The molecule has 4 N–H and O–H groups in total. The Kier molecular flexibility index (Phi) is 4.90. The van der Waals surface area contributed by atoms with Crippen LogP contribution in [0.15, 0.2) is 24.3 Å². The Morgan fingerprint density at radius 3 is 2.33 bits per heavy atom. The summed E-state index contributed by atoms with van der Waals surface area (Å²) in [4.78, 5) is 16.4. The van der Waals surface area contributed by atoms with E-state index >= 15 is 0 Å². The van der Waals surface area contributed by atoms with E-state index in [4.69, 9.17) is 40.6 Å². The molecule has 1 heterocycles. The molecule has 5 nitrogen and oxygen atoms in total. The quantitative estimate of drug-likeness (QED) is 0.582. The predicted molar refractivity (Wildman–Crippen MR) is 86.2 cm³/mol. The molecule has 0 aliphatic heterocycles. The van der Waals surface area contributed by atoms with Crippen molar-refractivity contribution in [1.29, 1.82) is 0 Å². The van der Waals surface area contributed by atoms with Gasteiger partial charge in [-0.15, -0.1) is 0 Å². The largest absolute Gasteiger partial charge is 0.319 e. The number of carbonyl (C=O) groups excluding carboxylic acids is 1. The molecular formula is C13H11Cl3N4O. The summed E-state index contributed by atoms with van der Waals surface area (Å²) in [6.45, 7) is 1.75. The first-order valence-electron chi connectivity index (χ1n) is 5.82. The number of amides is 1. The molecule has 0 fully saturated rings. The first kappa shape index (κ1) is 15.9. The number of carbonyl (C=O) groups is 1. The van der Waals surface area contributed by atoms with Crippen molar-refractivity contribution in [2.75, 3.05) is 10.7 Å². The van der Waals surface area contributed by atoms with Gasteiger partial charge in [-0.1, -0.05) is 34.8 Å². The normalized spacial score (nSPS) is 10.3. The Morgan fingerprint density at radius 1 is 1.14 bits per heavy atom. The number of rotatable bonds is 3. The van der Waals surface area contributed by atoms with Crippen molar-refractivity contribution in [3.8, 4) is 0 Å². The van der Waals surface area contributed by atoms with Gasteiger partial charge in [-0.3, -0.25) is 4.79 Å². The van der Waals surface area contributed by atoms with Crippen molar-refractivity contribution in [3.05, 3.63) is 50.6 Å². The summed E-state index contributed by atoms with van der Waals surface area (Å²) in [5.41, 5.74) is 3.71. The minimum absolute atomic E-state index is 0.254. The molecule has 21 heavy (non-hydrogen) atoms. The third kappa shape index (κ3) is 3.77. The molecule has 0 unspecified atom stereocenters. The summed E-state index contributed by atoms with van der Waals surface area (Å²) >= 11 is 17.9. The topological polar surface area (TPSA) is 80.0 Å². The van der Waals surface area contributed by atoms with Gasteiger partial charge in [0.25, 0.3) is 5.91 Å². The molecule has 8 heteroatoms. The molecule has 1 aromatic carbocycles. The fourth-order valence-corrected chi connectivity index (χ4v) is 2.63. The smallest absolute Gasteiger partial charge is 0.255 e. The molecule has 2 rings (SSSR count). The number of nitrogens with two attached hydrogens (primary N) is 1. The Hall–Kier alpha value is -1.53. The lowest BCUT2D eigenvalue weighted by atomic mass is 10.2. The van der Waals surface area contributed by atoms with E-state index in [2.05, 4.69) is 15.7 Å². The summed E-state index contributed by atoms with van der Waals surface area (Å²) in [5.74, 6) is 5.30. The summed E-state index contributed by atoms with van der Waals surface area (Å²) in [7, 11) is 0. The number of nitrogen functional groups attached to an aromatic ring is 1. The molecule has 0 atom stereocenters. The molecule has 0 radical (unpaired) electrons. The SMILES string of the molecule is Cc1cc(C(=O)Nc2c(Cl)cc(Cl)cc2Cl)cc(NN)n1. The van der Waals surface area contributed by atoms with Gasteiger partial charge in [0.15, 0.2) is 0 Å². The maximum absolute atomic E-state index is 12.3. The van der Waals surface area contributed by atoms with E-state index in [1.165, 1.54) is 18.2 Å². The van der Waals surface area contributed by atoms with Crippen LogP contribution in [0.25, 0.3) is 0 Å². The third-order valence-electron chi connectivity index (χ3n) is 2.61. The number of aromatic nitrogens is 1. The molecule has 110 valence electrons. The molecule has 0 spiro atoms. The van der Waals surface area contributed by atoms with Crippen LogP contribution in [0.5, 0.6) is 0 Å². The van der Waals surface area contributed by atoms with Gasteiger partial charge in [0, 0.05) is 16.3 Å². The van der Waals surface area contributed by atoms with E-state index in [0.29, 0.717) is 27.8 Å². The lowest BCUT2D eigenvalue weighted by Gasteiger charge is -2.11. The van der Waals surface area contributed by atoms with Crippen LogP contribution in [0.3, 0.4) is 0 Å². The molecule has 1 amide bonds. The predicted octanol–water partition coefficient (Wildman–Crippen LogP) is 3.89. The molecule has 0 saturated heterocycles. The van der Waals surface area contributed by atoms with Crippen molar-refractivity contribution in [3.63, 3.8) is 0 Å². The van der Waals surface area contributed by atoms with Crippen LogP contribution in [0, 0.1) is 6.92 Å². The highest BCUT2D eigenvalue weighted by molar-refractivity contribution is 6.42. The highest BCUT2D eigenvalue weighted by Gasteiger charge is 2.14. The first-order chi connectivity index (χ1) is 9.90. The highest BCUT2D eigenvalue weighted by Crippen LogP contribution is 2.34. The number of nitrogens with zero attached hydrogens (tertiary/aromatic N) is 1. The second-order valence-corrected chi connectivity index (χ2v) is 5.48. The fraction of sp³-hybridized carbons (Fsp3) is 0.0769. The number of nitrogens with one attached hydrogen (secondary N) is 2. The zero-order chi connectivity index (χ0) is 15.6. The van der Waals surface area contributed by atoms with E-state index in [1.807, 2.05) is 0 Å². The number of hydrogen-bond donors (Lipinski definition) is 3. The van der Waals surface area contributed by atoms with Gasteiger partial charge in [0.1, 0.15) is 5.82 Å². The number of aryl methyl sites for hydroxylation is 1. The number of halogens is 3. The van der Waals surface area contributed by atoms with Gasteiger partial charge in [0.05, 0.1) is 15.7 Å². The van der Waals surface area contributed by atoms with Crippen LogP contribution >= 0.6 is 34.8 Å². The average Bonchev–Trinajstić information content (AvgIpc) is 2.41. The fourth-order valence-electron chi connectivity index (χ4n) is 1.72. The van der Waals surface area contributed by atoms with Crippen LogP contribution in [0.4, 0.5) is 11.5 Å². The van der Waals surface area contributed by atoms with Crippen LogP contribution in [-0.2, 0) is 0 Å². The number of hydrazine groups is 1. The lowest BCUT2D eigenvalue weighted by molar-refractivity contribution is 0.102. The molecule has 0 bridgehead atoms. The van der Waals surface area contributed by atoms with Crippen molar-refractivity contribution in [2.45, 2.75) is 6.92 Å². The standard InChI is InChI=1S/C13H11Cl3N4O/c1-6-2-7(3-11(18-6)20-17)13(21)19-12-9(15)4-8(14)5-10(12)16/h2-5H,17H2,1H3,(H,18,20)(H,19,21). The van der Waals surface area contributed by atoms with Gasteiger partial charge in [-0.05, 0) is 31.2 Å². The first-order valence-corrected chi connectivity index (χ1v) is 6.95. The zero-order valence-electron chi connectivity index (χ0n) is 10.9. The Labute approximate surface area is 136 Å². The summed E-state index contributed by atoms with van der Waals surface area (Å²) in [6, 6.07) is 6.12. The van der Waals surface area contributed by atoms with E-state index in [-0.39, 0.29) is 16.0 Å². The Morgan fingerprint density at radius 2 is 1.76 bits per heavy atom. The van der Waals surface area contributed by atoms with Gasteiger partial charge >= 0.3 is 0 Å². The van der Waals surface area contributed by atoms with E-state index in [0.717, 1.165) is 0 Å². The van der Waals surface area contributed by atoms with Crippen LogP contribution in [-0.4, -0.2) is 10.9 Å². The molecule has 2 aromatic rings. The van der Waals surface area contributed by atoms with Gasteiger partial charge < -0.3 is 10.7 Å². The molecule has 0 saturated carbocycles. The maximum Gasteiger partial charge on any atom is 0.255 e. The second-order valence-electron chi connectivity index (χ2n) is 4.23. The number of hydrogen-bond acceptors (Lipinski definition) is 4. The molecule has 0 aliphatic rings. The Balaban J connectivity index is 2.32. The summed E-state index contributed by atoms with van der Waals surface area (Å²) in [6.07, 6.45) is 0. The Bertz CT molecular complexity index is 683. The number of anilines is 2. The molecular weight excluding hydrogens is 335 g/mol. The van der Waals surface area contributed by atoms with Crippen molar-refractivity contribution < 1.29 is 4.79 Å². The molecule has 1 aromatic heterocycles. The number of benzene rings is 1. The minimum atomic E-state index is -0.386. The van der Waals surface area contributed by atoms with Crippen LogP contribution in [0.1, 0.15) is 16.1 Å². The van der Waals surface area contributed by atoms with Gasteiger partial charge in [-0.2, -0.15) is 0 Å². The van der Waals surface area contributed by atoms with Crippen LogP contribution in [0.2, 0.25) is 15.1 Å². The molecule has 0 aliphatic carbocycles.